The molecule has 3 aliphatic carbocycles. The summed E-state index contributed by atoms with van der Waals surface area (Å²) in [6, 6.07) is 9.10. The number of aliphatic hydroxyl groups excluding tert-OH is 1. The van der Waals surface area contributed by atoms with Gasteiger partial charge >= 0.3 is 0 Å². The van der Waals surface area contributed by atoms with E-state index in [4.69, 9.17) is 4.74 Å². The van der Waals surface area contributed by atoms with Gasteiger partial charge in [0.05, 0.1) is 17.3 Å². The number of hydrogen-bond donors (Lipinski definition) is 1. The molecule has 2 bridgehead atoms. The lowest BCUT2D eigenvalue weighted by atomic mass is 9.58. The quantitative estimate of drug-likeness (QED) is 0.639. The summed E-state index contributed by atoms with van der Waals surface area (Å²) in [6.45, 7) is 2.52. The van der Waals surface area contributed by atoms with Crippen LogP contribution >= 0.6 is 0 Å². The molecule has 160 valence electrons. The smallest absolute Gasteiger partial charge is 0.0974 e. The van der Waals surface area contributed by atoms with E-state index in [0.29, 0.717) is 11.8 Å². The van der Waals surface area contributed by atoms with Crippen molar-refractivity contribution in [1.82, 2.24) is 4.98 Å². The fraction of sp³-hybridized carbons (Fsp3) is 0.536. The van der Waals surface area contributed by atoms with Crippen molar-refractivity contribution in [3.63, 3.8) is 0 Å². The molecular formula is C28H31NO2. The van der Waals surface area contributed by atoms with Crippen LogP contribution in [0.3, 0.4) is 0 Å². The number of allylic oxidation sites excluding steroid dienone is 1. The van der Waals surface area contributed by atoms with Crippen molar-refractivity contribution in [3.8, 4) is 0 Å². The fourth-order valence-electron chi connectivity index (χ4n) is 8.25. The highest BCUT2D eigenvalue weighted by Crippen LogP contribution is 2.69. The van der Waals surface area contributed by atoms with E-state index in [1.165, 1.54) is 40.3 Å². The van der Waals surface area contributed by atoms with Gasteiger partial charge in [0.25, 0.3) is 0 Å². The van der Waals surface area contributed by atoms with E-state index in [1.54, 1.807) is 0 Å². The van der Waals surface area contributed by atoms with Crippen LogP contribution in [0.2, 0.25) is 0 Å². The monoisotopic (exact) mass is 413 g/mol. The number of fused-ring (bicyclic) bond motifs is 2. The molecule has 6 atom stereocenters. The second kappa shape index (κ2) is 6.08. The van der Waals surface area contributed by atoms with Gasteiger partial charge in [-0.1, -0.05) is 31.2 Å². The van der Waals surface area contributed by atoms with Gasteiger partial charge in [0.15, 0.2) is 0 Å². The zero-order chi connectivity index (χ0) is 20.8. The average molecular weight is 414 g/mol. The molecular weight excluding hydrogens is 382 g/mol. The van der Waals surface area contributed by atoms with Gasteiger partial charge in [-0.05, 0) is 96.4 Å². The lowest BCUT2D eigenvalue weighted by molar-refractivity contribution is -0.144. The van der Waals surface area contributed by atoms with E-state index < -0.39 is 0 Å². The number of aromatic nitrogens is 1. The highest BCUT2D eigenvalue weighted by molar-refractivity contribution is 5.82. The van der Waals surface area contributed by atoms with Gasteiger partial charge in [-0.25, -0.2) is 0 Å². The molecule has 5 aliphatic rings. The molecule has 31 heavy (non-hydrogen) atoms. The van der Waals surface area contributed by atoms with E-state index >= 15 is 0 Å². The van der Waals surface area contributed by atoms with Gasteiger partial charge in [0.1, 0.15) is 0 Å². The number of benzene rings is 1. The molecule has 7 rings (SSSR count). The molecule has 1 aromatic carbocycles. The number of hydrogen-bond acceptors (Lipinski definition) is 3. The summed E-state index contributed by atoms with van der Waals surface area (Å²) in [5.41, 5.74) is 4.26. The minimum atomic E-state index is -0.213. The van der Waals surface area contributed by atoms with Crippen LogP contribution < -0.4 is 0 Å². The predicted molar refractivity (Wildman–Crippen MR) is 122 cm³/mol. The second-order valence-electron chi connectivity index (χ2n) is 11.1. The number of ether oxygens (including phenoxy) is 1. The zero-order valence-electron chi connectivity index (χ0n) is 18.3. The molecule has 0 radical (unpaired) electrons. The van der Waals surface area contributed by atoms with Crippen molar-refractivity contribution in [2.75, 3.05) is 0 Å². The molecule has 2 aromatic rings. The third-order valence-corrected chi connectivity index (χ3v) is 9.72. The SMILES string of the molecule is CC12CC=C3C=C4CCC(O)C[C@]45CC[C@]3(O5)[C@@H]1CCC2c1ccc2ccncc2c1. The first-order valence-corrected chi connectivity index (χ1v) is 12.2. The Balaban J connectivity index is 1.31. The first kappa shape index (κ1) is 18.6. The third-order valence-electron chi connectivity index (χ3n) is 9.72. The summed E-state index contributed by atoms with van der Waals surface area (Å²) in [6.07, 6.45) is 17.1. The molecule has 3 unspecified atom stereocenters. The van der Waals surface area contributed by atoms with Crippen molar-refractivity contribution in [1.29, 1.82) is 0 Å². The van der Waals surface area contributed by atoms with E-state index in [-0.39, 0.29) is 22.7 Å². The molecule has 2 saturated carbocycles. The summed E-state index contributed by atoms with van der Waals surface area (Å²) < 4.78 is 7.18. The molecule has 3 heteroatoms. The summed E-state index contributed by atoms with van der Waals surface area (Å²) in [5, 5.41) is 13.0. The Morgan fingerprint density at radius 3 is 2.97 bits per heavy atom. The summed E-state index contributed by atoms with van der Waals surface area (Å²) in [4.78, 5) is 4.35. The standard InChI is InChI=1S/C28H31NO2/c1-26-10-8-22-15-21-4-5-23(30)16-27(21)11-12-28(22,31-27)25(26)7-6-24(26)19-3-2-18-9-13-29-17-20(18)14-19/h2-3,8-9,13-15,17,23-25,30H,4-7,10-12,16H2,1H3/t23?,24?,25-,26?,27-,28-/m1/s1. The molecule has 2 aliphatic heterocycles. The van der Waals surface area contributed by atoms with Crippen LogP contribution in [0.5, 0.6) is 0 Å². The fourth-order valence-corrected chi connectivity index (χ4v) is 8.25. The highest BCUT2D eigenvalue weighted by Gasteiger charge is 2.66. The zero-order valence-corrected chi connectivity index (χ0v) is 18.3. The van der Waals surface area contributed by atoms with Crippen molar-refractivity contribution in [3.05, 3.63) is 65.5 Å². The lowest BCUT2D eigenvalue weighted by Gasteiger charge is -2.54. The number of pyridine rings is 1. The molecule has 3 fully saturated rings. The summed E-state index contributed by atoms with van der Waals surface area (Å²) in [5.74, 6) is 1.10. The number of rotatable bonds is 1. The van der Waals surface area contributed by atoms with Crippen LogP contribution in [-0.4, -0.2) is 27.4 Å². The predicted octanol–water partition coefficient (Wildman–Crippen LogP) is 5.84. The number of aliphatic hydroxyl groups is 1. The molecule has 3 heterocycles. The van der Waals surface area contributed by atoms with E-state index in [9.17, 15) is 5.11 Å². The number of nitrogens with zero attached hydrogens (tertiary/aromatic N) is 1. The summed E-state index contributed by atoms with van der Waals surface area (Å²) >= 11 is 0. The normalized spacial score (nSPS) is 43.1. The maximum atomic E-state index is 10.4. The Bertz CT molecular complexity index is 1150. The van der Waals surface area contributed by atoms with Crippen LogP contribution in [-0.2, 0) is 4.74 Å². The Hall–Kier alpha value is -1.97. The molecule has 3 nitrogen and oxygen atoms in total. The van der Waals surface area contributed by atoms with Gasteiger partial charge in [0, 0.05) is 24.2 Å². The molecule has 1 N–H and O–H groups in total. The average Bonchev–Trinajstić information content (AvgIpc) is 3.28. The first-order valence-electron chi connectivity index (χ1n) is 12.2. The Morgan fingerprint density at radius 2 is 2.03 bits per heavy atom. The minimum Gasteiger partial charge on any atom is -0.393 e. The van der Waals surface area contributed by atoms with Gasteiger partial charge in [0.2, 0.25) is 0 Å². The van der Waals surface area contributed by atoms with Crippen LogP contribution in [0.25, 0.3) is 10.8 Å². The minimum absolute atomic E-state index is 0.138. The van der Waals surface area contributed by atoms with Gasteiger partial charge in [-0.15, -0.1) is 0 Å². The van der Waals surface area contributed by atoms with Crippen LogP contribution in [0.4, 0.5) is 0 Å². The van der Waals surface area contributed by atoms with Gasteiger partial charge in [-0.2, -0.15) is 0 Å². The molecule has 1 aromatic heterocycles. The highest BCUT2D eigenvalue weighted by atomic mass is 16.5. The lowest BCUT2D eigenvalue weighted by Crippen LogP contribution is -2.54. The largest absolute Gasteiger partial charge is 0.393 e. The van der Waals surface area contributed by atoms with Crippen LogP contribution in [0.15, 0.2) is 60.0 Å². The molecule has 0 amide bonds. The first-order chi connectivity index (χ1) is 15.0. The Morgan fingerprint density at radius 1 is 1.10 bits per heavy atom. The second-order valence-corrected chi connectivity index (χ2v) is 11.1. The topological polar surface area (TPSA) is 42.4 Å². The van der Waals surface area contributed by atoms with Crippen LogP contribution in [0.1, 0.15) is 69.8 Å². The molecule has 1 saturated heterocycles. The Labute approximate surface area is 184 Å². The third kappa shape index (κ3) is 2.34. The maximum Gasteiger partial charge on any atom is 0.0974 e. The van der Waals surface area contributed by atoms with Crippen molar-refractivity contribution >= 4 is 10.8 Å². The van der Waals surface area contributed by atoms with Crippen molar-refractivity contribution in [2.24, 2.45) is 11.3 Å². The van der Waals surface area contributed by atoms with E-state index in [0.717, 1.165) is 38.5 Å². The van der Waals surface area contributed by atoms with Gasteiger partial charge < -0.3 is 9.84 Å². The van der Waals surface area contributed by atoms with Crippen LogP contribution in [0, 0.1) is 11.3 Å². The summed E-state index contributed by atoms with van der Waals surface area (Å²) in [7, 11) is 0. The van der Waals surface area contributed by atoms with E-state index in [2.05, 4.69) is 48.3 Å². The van der Waals surface area contributed by atoms with Gasteiger partial charge in [-0.3, -0.25) is 4.98 Å². The van der Waals surface area contributed by atoms with Crippen molar-refractivity contribution in [2.45, 2.75) is 81.5 Å². The van der Waals surface area contributed by atoms with Crippen molar-refractivity contribution < 1.29 is 9.84 Å². The van der Waals surface area contributed by atoms with E-state index in [1.807, 2.05) is 12.4 Å². The molecule has 2 spiro atoms. The maximum absolute atomic E-state index is 10.4. The Kier molecular flexibility index (Phi) is 3.65.